The molecule has 1 fully saturated rings. The van der Waals surface area contributed by atoms with Gasteiger partial charge in [-0.1, -0.05) is 24.3 Å². The number of anilines is 1. The summed E-state index contributed by atoms with van der Waals surface area (Å²) in [4.78, 5) is 0. The van der Waals surface area contributed by atoms with Crippen LogP contribution in [-0.4, -0.2) is 39.0 Å². The normalized spacial score (nSPS) is 15.5. The highest BCUT2D eigenvalue weighted by molar-refractivity contribution is 7.88. The molecule has 1 N–H and O–H groups in total. The second-order valence-corrected chi connectivity index (χ2v) is 8.73. The van der Waals surface area contributed by atoms with Crippen LogP contribution in [-0.2, 0) is 33.2 Å². The largest absolute Gasteiger partial charge is 0.416 e. The Bertz CT molecular complexity index is 1040. The SMILES string of the molecule is N#Cc1cc(C(F)(F)F)ccc1NCc1ccccc1CS(=O)(=O)N1CCOCC1. The Morgan fingerprint density at radius 1 is 1.10 bits per heavy atom. The van der Waals surface area contributed by atoms with E-state index < -0.39 is 21.8 Å². The Hall–Kier alpha value is -2.61. The van der Waals surface area contributed by atoms with Crippen LogP contribution >= 0.6 is 0 Å². The molecule has 0 spiro atoms. The minimum Gasteiger partial charge on any atom is -0.380 e. The molecule has 0 radical (unpaired) electrons. The number of nitrogens with one attached hydrogen (secondary N) is 1. The zero-order chi connectivity index (χ0) is 21.8. The monoisotopic (exact) mass is 439 g/mol. The molecule has 0 atom stereocenters. The van der Waals surface area contributed by atoms with Gasteiger partial charge in [0, 0.05) is 19.6 Å². The van der Waals surface area contributed by atoms with Crippen molar-refractivity contribution in [1.29, 1.82) is 5.26 Å². The van der Waals surface area contributed by atoms with Gasteiger partial charge in [0.05, 0.1) is 35.8 Å². The van der Waals surface area contributed by atoms with Crippen molar-refractivity contribution in [2.45, 2.75) is 18.5 Å². The van der Waals surface area contributed by atoms with E-state index in [0.717, 1.165) is 12.1 Å². The van der Waals surface area contributed by atoms with Gasteiger partial charge in [-0.25, -0.2) is 8.42 Å². The minimum absolute atomic E-state index is 0.136. The molecule has 1 aliphatic rings. The highest BCUT2D eigenvalue weighted by atomic mass is 32.2. The molecule has 160 valence electrons. The maximum Gasteiger partial charge on any atom is 0.416 e. The maximum atomic E-state index is 12.9. The fourth-order valence-electron chi connectivity index (χ4n) is 3.14. The molecule has 6 nitrogen and oxygen atoms in total. The van der Waals surface area contributed by atoms with Gasteiger partial charge < -0.3 is 10.1 Å². The van der Waals surface area contributed by atoms with Gasteiger partial charge in [0.1, 0.15) is 6.07 Å². The van der Waals surface area contributed by atoms with E-state index in [1.165, 1.54) is 10.4 Å². The molecular weight excluding hydrogens is 419 g/mol. The molecular formula is C20H20F3N3O3S. The van der Waals surface area contributed by atoms with Crippen molar-refractivity contribution in [2.24, 2.45) is 0 Å². The standard InChI is InChI=1S/C20H20F3N3O3S/c21-20(22,23)18-5-6-19(17(11-18)12-24)25-13-15-3-1-2-4-16(15)14-30(27,28)26-7-9-29-10-8-26/h1-6,11,25H,7-10,13-14H2. The number of halogens is 3. The summed E-state index contributed by atoms with van der Waals surface area (Å²) in [5.74, 6) is -0.191. The van der Waals surface area contributed by atoms with Crippen molar-refractivity contribution in [3.05, 3.63) is 64.7 Å². The van der Waals surface area contributed by atoms with Gasteiger partial charge in [-0.15, -0.1) is 0 Å². The van der Waals surface area contributed by atoms with Crippen molar-refractivity contribution >= 4 is 15.7 Å². The molecule has 1 heterocycles. The molecule has 1 saturated heterocycles. The molecule has 0 bridgehead atoms. The van der Waals surface area contributed by atoms with Gasteiger partial charge in [-0.05, 0) is 29.3 Å². The van der Waals surface area contributed by atoms with Crippen LogP contribution in [0.25, 0.3) is 0 Å². The molecule has 0 unspecified atom stereocenters. The molecule has 0 saturated carbocycles. The number of rotatable bonds is 6. The summed E-state index contributed by atoms with van der Waals surface area (Å²) in [6, 6.07) is 11.6. The van der Waals surface area contributed by atoms with Crippen molar-refractivity contribution in [2.75, 3.05) is 31.6 Å². The lowest BCUT2D eigenvalue weighted by Crippen LogP contribution is -2.41. The zero-order valence-corrected chi connectivity index (χ0v) is 16.8. The van der Waals surface area contributed by atoms with Gasteiger partial charge in [0.25, 0.3) is 0 Å². The van der Waals surface area contributed by atoms with E-state index in [1.807, 2.05) is 0 Å². The molecule has 2 aromatic carbocycles. The number of sulfonamides is 1. The van der Waals surface area contributed by atoms with Gasteiger partial charge in [0.2, 0.25) is 10.0 Å². The first kappa shape index (κ1) is 22.1. The lowest BCUT2D eigenvalue weighted by Gasteiger charge is -2.26. The van der Waals surface area contributed by atoms with E-state index in [0.29, 0.717) is 37.4 Å². The summed E-state index contributed by atoms with van der Waals surface area (Å²) >= 11 is 0. The van der Waals surface area contributed by atoms with E-state index in [2.05, 4.69) is 5.32 Å². The van der Waals surface area contributed by atoms with E-state index >= 15 is 0 Å². The lowest BCUT2D eigenvalue weighted by molar-refractivity contribution is -0.137. The Balaban J connectivity index is 1.77. The Kier molecular flexibility index (Phi) is 6.65. The van der Waals surface area contributed by atoms with E-state index in [4.69, 9.17) is 4.74 Å². The molecule has 0 aromatic heterocycles. The third-order valence-corrected chi connectivity index (χ3v) is 6.58. The Morgan fingerprint density at radius 2 is 1.77 bits per heavy atom. The van der Waals surface area contributed by atoms with Crippen LogP contribution in [0.15, 0.2) is 42.5 Å². The number of nitrogens with zero attached hydrogens (tertiary/aromatic N) is 2. The smallest absolute Gasteiger partial charge is 0.380 e. The van der Waals surface area contributed by atoms with Gasteiger partial charge in [0.15, 0.2) is 0 Å². The van der Waals surface area contributed by atoms with Crippen LogP contribution in [0.5, 0.6) is 0 Å². The Labute approximate surface area is 172 Å². The number of alkyl halides is 3. The molecule has 2 aromatic rings. The van der Waals surface area contributed by atoms with Gasteiger partial charge in [-0.2, -0.15) is 22.7 Å². The Morgan fingerprint density at radius 3 is 2.40 bits per heavy atom. The number of ether oxygens (including phenoxy) is 1. The number of nitriles is 1. The second kappa shape index (κ2) is 9.04. The molecule has 3 rings (SSSR count). The number of hydrogen-bond donors (Lipinski definition) is 1. The van der Waals surface area contributed by atoms with Crippen molar-refractivity contribution in [3.8, 4) is 6.07 Å². The third kappa shape index (κ3) is 5.30. The zero-order valence-electron chi connectivity index (χ0n) is 15.9. The van der Waals surface area contributed by atoms with E-state index in [9.17, 15) is 26.9 Å². The summed E-state index contributed by atoms with van der Waals surface area (Å²) in [6.07, 6.45) is -4.54. The van der Waals surface area contributed by atoms with Gasteiger partial charge >= 0.3 is 6.18 Å². The summed E-state index contributed by atoms with van der Waals surface area (Å²) in [7, 11) is -3.53. The van der Waals surface area contributed by atoms with Crippen LogP contribution in [0.4, 0.5) is 18.9 Å². The number of morpholine rings is 1. The first-order valence-electron chi connectivity index (χ1n) is 9.18. The highest BCUT2D eigenvalue weighted by Crippen LogP contribution is 2.32. The number of benzene rings is 2. The first-order chi connectivity index (χ1) is 14.2. The topological polar surface area (TPSA) is 82.4 Å². The van der Waals surface area contributed by atoms with Crippen LogP contribution in [0.3, 0.4) is 0 Å². The first-order valence-corrected chi connectivity index (χ1v) is 10.8. The summed E-state index contributed by atoms with van der Waals surface area (Å²) in [5, 5.41) is 12.2. The average Bonchev–Trinajstić information content (AvgIpc) is 2.72. The summed E-state index contributed by atoms with van der Waals surface area (Å²) in [5.41, 5.74) is 0.473. The summed E-state index contributed by atoms with van der Waals surface area (Å²) < 4.78 is 70.6. The highest BCUT2D eigenvalue weighted by Gasteiger charge is 2.31. The lowest BCUT2D eigenvalue weighted by atomic mass is 10.1. The number of hydrogen-bond acceptors (Lipinski definition) is 5. The van der Waals surface area contributed by atoms with Gasteiger partial charge in [-0.3, -0.25) is 0 Å². The minimum atomic E-state index is -4.54. The quantitative estimate of drug-likeness (QED) is 0.747. The van der Waals surface area contributed by atoms with Crippen LogP contribution in [0.1, 0.15) is 22.3 Å². The van der Waals surface area contributed by atoms with Crippen LogP contribution in [0.2, 0.25) is 0 Å². The van der Waals surface area contributed by atoms with Crippen molar-refractivity contribution < 1.29 is 26.3 Å². The fourth-order valence-corrected chi connectivity index (χ4v) is 4.70. The van der Waals surface area contributed by atoms with Crippen LogP contribution in [0, 0.1) is 11.3 Å². The molecule has 0 amide bonds. The molecule has 10 heteroatoms. The van der Waals surface area contributed by atoms with Crippen molar-refractivity contribution in [1.82, 2.24) is 4.31 Å². The third-order valence-electron chi connectivity index (χ3n) is 4.76. The average molecular weight is 439 g/mol. The van der Waals surface area contributed by atoms with E-state index in [-0.39, 0.29) is 23.5 Å². The fraction of sp³-hybridized carbons (Fsp3) is 0.350. The molecule has 1 aliphatic heterocycles. The maximum absolute atomic E-state index is 12.9. The van der Waals surface area contributed by atoms with Crippen molar-refractivity contribution in [3.63, 3.8) is 0 Å². The van der Waals surface area contributed by atoms with E-state index in [1.54, 1.807) is 30.3 Å². The predicted molar refractivity (Wildman–Crippen MR) is 105 cm³/mol. The predicted octanol–water partition coefficient (Wildman–Crippen LogP) is 3.35. The van der Waals surface area contributed by atoms with Crippen LogP contribution < -0.4 is 5.32 Å². The molecule has 30 heavy (non-hydrogen) atoms. The summed E-state index contributed by atoms with van der Waals surface area (Å²) in [6.45, 7) is 1.48. The second-order valence-electron chi connectivity index (χ2n) is 6.76. The molecule has 0 aliphatic carbocycles.